The number of hydrogen-bond acceptors (Lipinski definition) is 5. The number of aromatic hydroxyl groups is 1. The molecule has 0 radical (unpaired) electrons. The molecular weight excluding hydrogens is 449 g/mol. The maximum Gasteiger partial charge on any atom is 0.306 e. The van der Waals surface area contributed by atoms with Crippen LogP contribution in [0.1, 0.15) is 25.5 Å². The number of nitrogens with zero attached hydrogens (tertiary/aromatic N) is 4. The Balaban J connectivity index is 1.73. The number of carboxylic acids is 1. The van der Waals surface area contributed by atoms with Crippen molar-refractivity contribution in [3.63, 3.8) is 0 Å². The Hall–Kier alpha value is -2.36. The molecule has 0 saturated carbocycles. The molecule has 0 unspecified atom stereocenters. The summed E-state index contributed by atoms with van der Waals surface area (Å²) in [6.07, 6.45) is 1.07. The highest BCUT2D eigenvalue weighted by Crippen LogP contribution is 2.35. The zero-order valence-electron chi connectivity index (χ0n) is 16.4. The van der Waals surface area contributed by atoms with Gasteiger partial charge in [0.15, 0.2) is 16.6 Å². The molecule has 2 heterocycles. The van der Waals surface area contributed by atoms with E-state index < -0.39 is 5.97 Å². The quantitative estimate of drug-likeness (QED) is 0.357. The lowest BCUT2D eigenvalue weighted by molar-refractivity contribution is -0.143. The van der Waals surface area contributed by atoms with Crippen LogP contribution in [-0.4, -0.2) is 54.8 Å². The number of hydrazone groups is 1. The van der Waals surface area contributed by atoms with Gasteiger partial charge in [0.05, 0.1) is 21.7 Å². The lowest BCUT2D eigenvalue weighted by Gasteiger charge is -2.31. The van der Waals surface area contributed by atoms with E-state index in [9.17, 15) is 9.90 Å². The second kappa shape index (κ2) is 9.20. The fourth-order valence-electron chi connectivity index (χ4n) is 3.31. The number of carbonyl (C=O) groups is 1. The molecule has 0 amide bonds. The van der Waals surface area contributed by atoms with Crippen molar-refractivity contribution in [2.45, 2.75) is 19.8 Å². The van der Waals surface area contributed by atoms with Crippen LogP contribution in [-0.2, 0) is 11.8 Å². The molecule has 160 valence electrons. The number of likely N-dealkylation sites (tertiary alicyclic amines) is 1. The van der Waals surface area contributed by atoms with Gasteiger partial charge in [-0.05, 0) is 44.1 Å². The van der Waals surface area contributed by atoms with Gasteiger partial charge in [0, 0.05) is 25.7 Å². The third-order valence-corrected chi connectivity index (χ3v) is 6.10. The predicted molar refractivity (Wildman–Crippen MR) is 120 cm³/mol. The standard InChI is InChI=1S/C19H21Cl2N5O3S/c1-10(22-23-19(30)26-7-5-11(6-8-26)18(28)29)15-17(27)16(25(2)24-15)12-3-4-13(20)14(21)9-12/h3-4,9,11,27H,5-8H2,1-2H3,(H,23,30)(H,28,29)/b22-10+. The Morgan fingerprint density at radius 3 is 2.57 bits per heavy atom. The number of piperidine rings is 1. The lowest BCUT2D eigenvalue weighted by Crippen LogP contribution is -2.44. The maximum atomic E-state index is 11.1. The van der Waals surface area contributed by atoms with E-state index in [0.29, 0.717) is 63.8 Å². The molecule has 11 heteroatoms. The van der Waals surface area contributed by atoms with E-state index >= 15 is 0 Å². The van der Waals surface area contributed by atoms with Crippen LogP contribution in [0.2, 0.25) is 10.0 Å². The predicted octanol–water partition coefficient (Wildman–Crippen LogP) is 3.49. The van der Waals surface area contributed by atoms with Crippen LogP contribution in [0.25, 0.3) is 11.3 Å². The number of aromatic nitrogens is 2. The van der Waals surface area contributed by atoms with E-state index in [0.717, 1.165) is 0 Å². The monoisotopic (exact) mass is 469 g/mol. The number of aryl methyl sites for hydroxylation is 1. The Labute approximate surface area is 189 Å². The van der Waals surface area contributed by atoms with Crippen molar-refractivity contribution in [2.24, 2.45) is 18.1 Å². The number of aliphatic carboxylic acids is 1. The second-order valence-electron chi connectivity index (χ2n) is 7.01. The molecule has 0 bridgehead atoms. The van der Waals surface area contributed by atoms with Gasteiger partial charge in [-0.25, -0.2) is 0 Å². The number of benzene rings is 1. The van der Waals surface area contributed by atoms with Crippen LogP contribution in [0.15, 0.2) is 23.3 Å². The summed E-state index contributed by atoms with van der Waals surface area (Å²) in [6.45, 7) is 2.80. The molecule has 1 aromatic heterocycles. The molecule has 2 aromatic rings. The molecule has 1 aliphatic heterocycles. The zero-order chi connectivity index (χ0) is 22.0. The van der Waals surface area contributed by atoms with Crippen LogP contribution in [0, 0.1) is 5.92 Å². The molecule has 3 N–H and O–H groups in total. The topological polar surface area (TPSA) is 103 Å². The fraction of sp³-hybridized carbons (Fsp3) is 0.368. The first-order valence-corrected chi connectivity index (χ1v) is 10.4. The average molecular weight is 470 g/mol. The molecular formula is C19H21Cl2N5O3S. The molecule has 0 spiro atoms. The first kappa shape index (κ1) is 22.3. The summed E-state index contributed by atoms with van der Waals surface area (Å²) in [7, 11) is 1.71. The molecule has 3 rings (SSSR count). The van der Waals surface area contributed by atoms with Crippen LogP contribution in [0.3, 0.4) is 0 Å². The minimum absolute atomic E-state index is 0.0351. The molecule has 1 fully saturated rings. The average Bonchev–Trinajstić information content (AvgIpc) is 3.02. The Kier molecular flexibility index (Phi) is 6.84. The molecule has 1 aromatic carbocycles. The van der Waals surface area contributed by atoms with Crippen molar-refractivity contribution < 1.29 is 15.0 Å². The largest absolute Gasteiger partial charge is 0.504 e. The summed E-state index contributed by atoms with van der Waals surface area (Å²) in [5, 5.41) is 29.6. The summed E-state index contributed by atoms with van der Waals surface area (Å²) in [4.78, 5) is 12.9. The highest BCUT2D eigenvalue weighted by atomic mass is 35.5. The molecule has 0 aliphatic carbocycles. The SMILES string of the molecule is C/C(=N\NC(=S)N1CCC(C(=O)O)CC1)c1nn(C)c(-c2ccc(Cl)c(Cl)c2)c1O. The van der Waals surface area contributed by atoms with E-state index in [-0.39, 0.29) is 11.7 Å². The summed E-state index contributed by atoms with van der Waals surface area (Å²) in [5.41, 5.74) is 4.70. The third-order valence-electron chi connectivity index (χ3n) is 5.01. The van der Waals surface area contributed by atoms with Crippen LogP contribution in [0.5, 0.6) is 5.75 Å². The van der Waals surface area contributed by atoms with E-state index in [2.05, 4.69) is 15.6 Å². The van der Waals surface area contributed by atoms with Crippen molar-refractivity contribution in [3.05, 3.63) is 33.9 Å². The third kappa shape index (κ3) is 4.69. The molecule has 30 heavy (non-hydrogen) atoms. The Morgan fingerprint density at radius 1 is 1.30 bits per heavy atom. The van der Waals surface area contributed by atoms with E-state index in [4.69, 9.17) is 40.5 Å². The summed E-state index contributed by atoms with van der Waals surface area (Å²) >= 11 is 17.4. The molecule has 8 nitrogen and oxygen atoms in total. The van der Waals surface area contributed by atoms with Crippen LogP contribution < -0.4 is 5.43 Å². The highest BCUT2D eigenvalue weighted by Gasteiger charge is 2.26. The second-order valence-corrected chi connectivity index (χ2v) is 8.21. The van der Waals surface area contributed by atoms with Gasteiger partial charge in [-0.1, -0.05) is 29.3 Å². The van der Waals surface area contributed by atoms with Crippen molar-refractivity contribution >= 4 is 52.2 Å². The van der Waals surface area contributed by atoms with Crippen LogP contribution >= 0.6 is 35.4 Å². The normalized spacial score (nSPS) is 15.3. The van der Waals surface area contributed by atoms with Gasteiger partial charge in [-0.2, -0.15) is 10.2 Å². The van der Waals surface area contributed by atoms with Gasteiger partial charge in [0.1, 0.15) is 5.69 Å². The van der Waals surface area contributed by atoms with Gasteiger partial charge >= 0.3 is 5.97 Å². The number of rotatable bonds is 4. The highest BCUT2D eigenvalue weighted by molar-refractivity contribution is 7.80. The van der Waals surface area contributed by atoms with Crippen molar-refractivity contribution in [3.8, 4) is 17.0 Å². The Bertz CT molecular complexity index is 1020. The first-order chi connectivity index (χ1) is 14.2. The van der Waals surface area contributed by atoms with Gasteiger partial charge in [0.25, 0.3) is 0 Å². The number of carboxylic acid groups (broad SMARTS) is 1. The van der Waals surface area contributed by atoms with Crippen molar-refractivity contribution in [1.82, 2.24) is 20.1 Å². The molecule has 1 aliphatic rings. The maximum absolute atomic E-state index is 11.1. The van der Waals surface area contributed by atoms with Gasteiger partial charge in [-0.15, -0.1) is 0 Å². The molecule has 0 atom stereocenters. The van der Waals surface area contributed by atoms with Gasteiger partial charge < -0.3 is 15.1 Å². The van der Waals surface area contributed by atoms with Crippen molar-refractivity contribution in [2.75, 3.05) is 13.1 Å². The van der Waals surface area contributed by atoms with Gasteiger partial charge in [0.2, 0.25) is 0 Å². The molecule has 1 saturated heterocycles. The number of thiocarbonyl (C=S) groups is 1. The minimum atomic E-state index is -0.772. The number of halogens is 2. The Morgan fingerprint density at radius 2 is 1.97 bits per heavy atom. The van der Waals surface area contributed by atoms with E-state index in [1.54, 1.807) is 32.2 Å². The minimum Gasteiger partial charge on any atom is -0.504 e. The van der Waals surface area contributed by atoms with Crippen molar-refractivity contribution in [1.29, 1.82) is 0 Å². The number of nitrogens with one attached hydrogen (secondary N) is 1. The summed E-state index contributed by atoms with van der Waals surface area (Å²) in [5.74, 6) is -1.14. The van der Waals surface area contributed by atoms with E-state index in [1.807, 2.05) is 4.90 Å². The van der Waals surface area contributed by atoms with E-state index in [1.165, 1.54) is 4.68 Å². The van der Waals surface area contributed by atoms with Crippen LogP contribution in [0.4, 0.5) is 0 Å². The number of hydrogen-bond donors (Lipinski definition) is 3. The van der Waals surface area contributed by atoms with Gasteiger partial charge in [-0.3, -0.25) is 14.9 Å². The first-order valence-electron chi connectivity index (χ1n) is 9.22. The summed E-state index contributed by atoms with van der Waals surface area (Å²) < 4.78 is 1.54. The summed E-state index contributed by atoms with van der Waals surface area (Å²) in [6, 6.07) is 5.06. The lowest BCUT2D eigenvalue weighted by atomic mass is 9.97. The fourth-order valence-corrected chi connectivity index (χ4v) is 3.83. The smallest absolute Gasteiger partial charge is 0.306 e. The zero-order valence-corrected chi connectivity index (χ0v) is 18.7.